The van der Waals surface area contributed by atoms with E-state index in [1.807, 2.05) is 6.92 Å². The molecule has 98 valence electrons. The van der Waals surface area contributed by atoms with Gasteiger partial charge in [-0.25, -0.2) is 0 Å². The fourth-order valence-electron chi connectivity index (χ4n) is 1.95. The van der Waals surface area contributed by atoms with Gasteiger partial charge < -0.3 is 9.64 Å². The van der Waals surface area contributed by atoms with Crippen LogP contribution >= 0.6 is 11.8 Å². The van der Waals surface area contributed by atoms with Crippen molar-refractivity contribution in [2.45, 2.75) is 37.9 Å². The van der Waals surface area contributed by atoms with E-state index < -0.39 is 0 Å². The highest BCUT2D eigenvalue weighted by Gasteiger charge is 2.38. The van der Waals surface area contributed by atoms with Gasteiger partial charge in [-0.3, -0.25) is 9.59 Å². The lowest BCUT2D eigenvalue weighted by molar-refractivity contribution is -0.144. The van der Waals surface area contributed by atoms with Crippen LogP contribution in [-0.4, -0.2) is 47.5 Å². The molecule has 0 bridgehead atoms. The van der Waals surface area contributed by atoms with E-state index in [0.717, 1.165) is 18.6 Å². The molecule has 0 aromatic heterocycles. The first-order valence-corrected chi connectivity index (χ1v) is 7.03. The van der Waals surface area contributed by atoms with Gasteiger partial charge >= 0.3 is 5.97 Å². The number of amides is 1. The van der Waals surface area contributed by atoms with Gasteiger partial charge in [0.2, 0.25) is 5.91 Å². The summed E-state index contributed by atoms with van der Waals surface area (Å²) < 4.78 is 4.55. The number of nitrogens with zero attached hydrogens (tertiary/aromatic N) is 1. The molecule has 0 aliphatic carbocycles. The molecule has 5 heteroatoms. The SMILES string of the molecule is CCOC(=O)CCN(C)C(=O)C1(C)CCCS1. The molecule has 1 fully saturated rings. The number of thioether (sulfide) groups is 1. The summed E-state index contributed by atoms with van der Waals surface area (Å²) >= 11 is 1.72. The third-order valence-electron chi connectivity index (χ3n) is 2.97. The van der Waals surface area contributed by atoms with Gasteiger partial charge in [-0.15, -0.1) is 11.8 Å². The summed E-state index contributed by atoms with van der Waals surface area (Å²) in [5.41, 5.74) is 0. The van der Waals surface area contributed by atoms with Crippen molar-refractivity contribution in [2.24, 2.45) is 0 Å². The molecule has 0 N–H and O–H groups in total. The maximum Gasteiger partial charge on any atom is 0.307 e. The Kier molecular flexibility index (Phi) is 5.31. The summed E-state index contributed by atoms with van der Waals surface area (Å²) in [7, 11) is 1.76. The van der Waals surface area contributed by atoms with Crippen molar-refractivity contribution in [3.8, 4) is 0 Å². The molecule has 1 amide bonds. The Hall–Kier alpha value is -0.710. The maximum atomic E-state index is 12.2. The summed E-state index contributed by atoms with van der Waals surface area (Å²) in [6, 6.07) is 0. The van der Waals surface area contributed by atoms with Crippen LogP contribution < -0.4 is 0 Å². The zero-order valence-corrected chi connectivity index (χ0v) is 11.6. The van der Waals surface area contributed by atoms with E-state index in [-0.39, 0.29) is 23.0 Å². The van der Waals surface area contributed by atoms with E-state index in [9.17, 15) is 9.59 Å². The Morgan fingerprint density at radius 2 is 2.18 bits per heavy atom. The Morgan fingerprint density at radius 3 is 2.71 bits per heavy atom. The van der Waals surface area contributed by atoms with Gasteiger partial charge in [-0.2, -0.15) is 0 Å². The highest BCUT2D eigenvalue weighted by atomic mass is 32.2. The fourth-order valence-corrected chi connectivity index (χ4v) is 3.25. The molecular weight excluding hydrogens is 238 g/mol. The van der Waals surface area contributed by atoms with Crippen LogP contribution in [0.5, 0.6) is 0 Å². The van der Waals surface area contributed by atoms with Gasteiger partial charge in [-0.05, 0) is 32.4 Å². The van der Waals surface area contributed by atoms with Crippen molar-refractivity contribution in [3.63, 3.8) is 0 Å². The van der Waals surface area contributed by atoms with Crippen LogP contribution in [0, 0.1) is 0 Å². The van der Waals surface area contributed by atoms with Crippen LogP contribution in [0.1, 0.15) is 33.1 Å². The molecule has 1 unspecified atom stereocenters. The minimum absolute atomic E-state index is 0.129. The van der Waals surface area contributed by atoms with Crippen molar-refractivity contribution in [1.29, 1.82) is 0 Å². The summed E-state index contributed by atoms with van der Waals surface area (Å²) in [5, 5.41) is 0. The average Bonchev–Trinajstić information content (AvgIpc) is 2.73. The molecule has 1 aliphatic rings. The second-order valence-corrected chi connectivity index (χ2v) is 6.06. The van der Waals surface area contributed by atoms with E-state index in [1.54, 1.807) is 30.6 Å². The number of esters is 1. The first kappa shape index (κ1) is 14.4. The molecule has 0 radical (unpaired) electrons. The molecule has 0 spiro atoms. The smallest absolute Gasteiger partial charge is 0.307 e. The summed E-state index contributed by atoms with van der Waals surface area (Å²) in [5.74, 6) is 0.939. The third kappa shape index (κ3) is 3.91. The fraction of sp³-hybridized carbons (Fsp3) is 0.833. The topological polar surface area (TPSA) is 46.6 Å². The van der Waals surface area contributed by atoms with Crippen LogP contribution in [0.2, 0.25) is 0 Å². The lowest BCUT2D eigenvalue weighted by Gasteiger charge is -2.27. The van der Waals surface area contributed by atoms with Crippen molar-refractivity contribution >= 4 is 23.6 Å². The van der Waals surface area contributed by atoms with Gasteiger partial charge in [0.15, 0.2) is 0 Å². The Morgan fingerprint density at radius 1 is 1.47 bits per heavy atom. The van der Waals surface area contributed by atoms with E-state index in [0.29, 0.717) is 13.2 Å². The summed E-state index contributed by atoms with van der Waals surface area (Å²) in [6.45, 7) is 4.61. The number of hydrogen-bond acceptors (Lipinski definition) is 4. The molecule has 0 aromatic rings. The molecule has 1 rings (SSSR count). The predicted molar refractivity (Wildman–Crippen MR) is 69.0 cm³/mol. The van der Waals surface area contributed by atoms with Crippen LogP contribution in [-0.2, 0) is 14.3 Å². The van der Waals surface area contributed by atoms with Crippen LogP contribution in [0.3, 0.4) is 0 Å². The zero-order valence-electron chi connectivity index (χ0n) is 10.8. The van der Waals surface area contributed by atoms with Gasteiger partial charge in [-0.1, -0.05) is 0 Å². The van der Waals surface area contributed by atoms with E-state index in [2.05, 4.69) is 0 Å². The van der Waals surface area contributed by atoms with Gasteiger partial charge in [0.05, 0.1) is 17.8 Å². The average molecular weight is 259 g/mol. The molecule has 1 saturated heterocycles. The third-order valence-corrected chi connectivity index (χ3v) is 4.48. The highest BCUT2D eigenvalue weighted by Crippen LogP contribution is 2.38. The molecule has 17 heavy (non-hydrogen) atoms. The normalized spacial score (nSPS) is 23.5. The highest BCUT2D eigenvalue weighted by molar-refractivity contribution is 8.01. The van der Waals surface area contributed by atoms with Gasteiger partial charge in [0.25, 0.3) is 0 Å². The standard InChI is InChI=1S/C12H21NO3S/c1-4-16-10(14)6-8-13(3)11(15)12(2)7-5-9-17-12/h4-9H2,1-3H3. The Bertz CT molecular complexity index is 287. The van der Waals surface area contributed by atoms with Crippen LogP contribution in [0.15, 0.2) is 0 Å². The number of hydrogen-bond donors (Lipinski definition) is 0. The van der Waals surface area contributed by atoms with Crippen LogP contribution in [0.25, 0.3) is 0 Å². The monoisotopic (exact) mass is 259 g/mol. The lowest BCUT2D eigenvalue weighted by Crippen LogP contribution is -2.42. The van der Waals surface area contributed by atoms with E-state index in [4.69, 9.17) is 4.74 Å². The molecule has 0 aromatic carbocycles. The quantitative estimate of drug-likeness (QED) is 0.705. The van der Waals surface area contributed by atoms with E-state index >= 15 is 0 Å². The molecule has 0 saturated carbocycles. The zero-order chi connectivity index (χ0) is 12.9. The Labute approximate surface area is 107 Å². The maximum absolute atomic E-state index is 12.2. The summed E-state index contributed by atoms with van der Waals surface area (Å²) in [6.07, 6.45) is 2.30. The van der Waals surface area contributed by atoms with Crippen molar-refractivity contribution < 1.29 is 14.3 Å². The molecular formula is C12H21NO3S. The first-order chi connectivity index (χ1) is 7.99. The minimum Gasteiger partial charge on any atom is -0.466 e. The molecule has 1 atom stereocenters. The largest absolute Gasteiger partial charge is 0.466 e. The van der Waals surface area contributed by atoms with Gasteiger partial charge in [0, 0.05) is 13.6 Å². The minimum atomic E-state index is -0.288. The number of carbonyl (C=O) groups excluding carboxylic acids is 2. The molecule has 4 nitrogen and oxygen atoms in total. The second-order valence-electron chi connectivity index (χ2n) is 4.46. The first-order valence-electron chi connectivity index (χ1n) is 6.05. The summed E-state index contributed by atoms with van der Waals surface area (Å²) in [4.78, 5) is 25.0. The van der Waals surface area contributed by atoms with Crippen molar-refractivity contribution in [3.05, 3.63) is 0 Å². The molecule has 1 aliphatic heterocycles. The van der Waals surface area contributed by atoms with Crippen molar-refractivity contribution in [2.75, 3.05) is 26.0 Å². The van der Waals surface area contributed by atoms with Crippen molar-refractivity contribution in [1.82, 2.24) is 4.90 Å². The lowest BCUT2D eigenvalue weighted by atomic mass is 10.0. The molecule has 1 heterocycles. The predicted octanol–water partition coefficient (Wildman–Crippen LogP) is 1.68. The second kappa shape index (κ2) is 6.28. The van der Waals surface area contributed by atoms with Gasteiger partial charge in [0.1, 0.15) is 0 Å². The Balaban J connectivity index is 2.39. The number of carbonyl (C=O) groups is 2. The number of rotatable bonds is 5. The van der Waals surface area contributed by atoms with Crippen LogP contribution in [0.4, 0.5) is 0 Å². The number of ether oxygens (including phenoxy) is 1. The van der Waals surface area contributed by atoms with E-state index in [1.165, 1.54) is 0 Å².